The van der Waals surface area contributed by atoms with Crippen LogP contribution < -0.4 is 0 Å². The summed E-state index contributed by atoms with van der Waals surface area (Å²) in [5, 5.41) is 0.310. The van der Waals surface area contributed by atoms with Gasteiger partial charge < -0.3 is 0 Å². The Kier molecular flexibility index (Phi) is 3.94. The third-order valence-electron chi connectivity index (χ3n) is 1.93. The van der Waals surface area contributed by atoms with Gasteiger partial charge in [-0.3, -0.25) is 9.63 Å². The summed E-state index contributed by atoms with van der Waals surface area (Å²) in [6, 6.07) is 1.64. The standard InChI is InChI=1S/C9H8ClF3N2O2/c1-15(17-2)8(16)5-3-4-6(9(11,12)13)14-7(5)10/h3-4H,1-2H3. The zero-order valence-electron chi connectivity index (χ0n) is 8.88. The number of amides is 1. The first-order valence-corrected chi connectivity index (χ1v) is 4.71. The number of halogens is 4. The summed E-state index contributed by atoms with van der Waals surface area (Å²) in [5.41, 5.74) is -1.32. The lowest BCUT2D eigenvalue weighted by atomic mass is 10.2. The second kappa shape index (κ2) is 4.89. The number of carbonyl (C=O) groups excluding carboxylic acids is 1. The highest BCUT2D eigenvalue weighted by Crippen LogP contribution is 2.29. The maximum Gasteiger partial charge on any atom is 0.433 e. The molecule has 0 fully saturated rings. The van der Waals surface area contributed by atoms with Gasteiger partial charge in [-0.1, -0.05) is 11.6 Å². The molecular formula is C9H8ClF3N2O2. The van der Waals surface area contributed by atoms with Crippen LogP contribution in [-0.2, 0) is 11.0 Å². The Balaban J connectivity index is 3.11. The SMILES string of the molecule is CON(C)C(=O)c1ccc(C(F)(F)F)nc1Cl. The maximum absolute atomic E-state index is 12.3. The first-order valence-electron chi connectivity index (χ1n) is 4.33. The van der Waals surface area contributed by atoms with Gasteiger partial charge in [0.25, 0.3) is 5.91 Å². The largest absolute Gasteiger partial charge is 0.433 e. The van der Waals surface area contributed by atoms with E-state index in [4.69, 9.17) is 11.6 Å². The molecule has 0 spiro atoms. The Morgan fingerprint density at radius 1 is 1.47 bits per heavy atom. The van der Waals surface area contributed by atoms with Crippen LogP contribution in [0.3, 0.4) is 0 Å². The molecule has 1 aromatic heterocycles. The molecule has 0 unspecified atom stereocenters. The molecule has 0 radical (unpaired) electrons. The monoisotopic (exact) mass is 268 g/mol. The van der Waals surface area contributed by atoms with E-state index in [0.29, 0.717) is 6.07 Å². The number of hydrogen-bond donors (Lipinski definition) is 0. The third-order valence-corrected chi connectivity index (χ3v) is 2.22. The molecule has 0 aliphatic rings. The maximum atomic E-state index is 12.3. The van der Waals surface area contributed by atoms with Crippen molar-refractivity contribution in [3.63, 3.8) is 0 Å². The Bertz CT molecular complexity index is 437. The van der Waals surface area contributed by atoms with E-state index in [1.807, 2.05) is 0 Å². The molecule has 0 saturated carbocycles. The van der Waals surface area contributed by atoms with E-state index in [1.165, 1.54) is 14.2 Å². The van der Waals surface area contributed by atoms with Gasteiger partial charge in [-0.25, -0.2) is 10.0 Å². The van der Waals surface area contributed by atoms with Crippen molar-refractivity contribution in [2.24, 2.45) is 0 Å². The minimum absolute atomic E-state index is 0.163. The molecule has 94 valence electrons. The number of hydroxylamine groups is 2. The van der Waals surface area contributed by atoms with E-state index in [-0.39, 0.29) is 5.56 Å². The van der Waals surface area contributed by atoms with Gasteiger partial charge in [-0.15, -0.1) is 0 Å². The normalized spacial score (nSPS) is 11.4. The molecule has 17 heavy (non-hydrogen) atoms. The summed E-state index contributed by atoms with van der Waals surface area (Å²) in [6.07, 6.45) is -4.60. The van der Waals surface area contributed by atoms with Crippen molar-refractivity contribution in [2.75, 3.05) is 14.2 Å². The average molecular weight is 269 g/mol. The van der Waals surface area contributed by atoms with E-state index >= 15 is 0 Å². The van der Waals surface area contributed by atoms with Crippen LogP contribution in [-0.4, -0.2) is 30.1 Å². The van der Waals surface area contributed by atoms with Crippen molar-refractivity contribution >= 4 is 17.5 Å². The smallest absolute Gasteiger partial charge is 0.274 e. The van der Waals surface area contributed by atoms with Gasteiger partial charge >= 0.3 is 6.18 Å². The second-order valence-corrected chi connectivity index (χ2v) is 3.38. The molecule has 1 amide bonds. The predicted octanol–water partition coefficient (Wildman–Crippen LogP) is 2.39. The lowest BCUT2D eigenvalue weighted by molar-refractivity contribution is -0.141. The van der Waals surface area contributed by atoms with E-state index in [1.54, 1.807) is 0 Å². The molecule has 8 heteroatoms. The van der Waals surface area contributed by atoms with Crippen LogP contribution in [0.25, 0.3) is 0 Å². The number of nitrogens with zero attached hydrogens (tertiary/aromatic N) is 2. The van der Waals surface area contributed by atoms with Gasteiger partial charge in [0.1, 0.15) is 10.8 Å². The molecular weight excluding hydrogens is 261 g/mol. The molecule has 0 saturated heterocycles. The molecule has 1 rings (SSSR count). The first-order chi connectivity index (χ1) is 7.77. The van der Waals surface area contributed by atoms with E-state index in [9.17, 15) is 18.0 Å². The molecule has 1 aromatic rings. The first kappa shape index (κ1) is 13.7. The van der Waals surface area contributed by atoms with Crippen molar-refractivity contribution in [1.29, 1.82) is 0 Å². The van der Waals surface area contributed by atoms with Gasteiger partial charge in [-0.2, -0.15) is 13.2 Å². The summed E-state index contributed by atoms with van der Waals surface area (Å²) < 4.78 is 36.9. The lowest BCUT2D eigenvalue weighted by Gasteiger charge is -2.14. The molecule has 0 N–H and O–H groups in total. The van der Waals surface area contributed by atoms with Crippen molar-refractivity contribution in [1.82, 2.24) is 10.0 Å². The Morgan fingerprint density at radius 2 is 2.06 bits per heavy atom. The summed E-state index contributed by atoms with van der Waals surface area (Å²) in [5.74, 6) is -0.682. The number of alkyl halides is 3. The van der Waals surface area contributed by atoms with Crippen molar-refractivity contribution in [2.45, 2.75) is 6.18 Å². The van der Waals surface area contributed by atoms with Crippen LogP contribution in [0.5, 0.6) is 0 Å². The fourth-order valence-electron chi connectivity index (χ4n) is 1.00. The highest BCUT2D eigenvalue weighted by molar-refractivity contribution is 6.32. The number of rotatable bonds is 2. The minimum Gasteiger partial charge on any atom is -0.274 e. The number of hydrogen-bond acceptors (Lipinski definition) is 3. The molecule has 4 nitrogen and oxygen atoms in total. The zero-order chi connectivity index (χ0) is 13.2. The molecule has 0 bridgehead atoms. The molecule has 0 aromatic carbocycles. The summed E-state index contributed by atoms with van der Waals surface area (Å²) in [6.45, 7) is 0. The van der Waals surface area contributed by atoms with Crippen molar-refractivity contribution in [3.05, 3.63) is 28.5 Å². The zero-order valence-corrected chi connectivity index (χ0v) is 9.63. The number of pyridine rings is 1. The van der Waals surface area contributed by atoms with Gasteiger partial charge in [0.05, 0.1) is 12.7 Å². The Labute approximate surface area is 99.9 Å². The molecule has 0 aliphatic heterocycles. The van der Waals surface area contributed by atoms with Crippen LogP contribution in [0.2, 0.25) is 5.15 Å². The van der Waals surface area contributed by atoms with Gasteiger partial charge in [0, 0.05) is 7.05 Å². The molecule has 1 heterocycles. The third kappa shape index (κ3) is 3.07. The Morgan fingerprint density at radius 3 is 2.47 bits per heavy atom. The van der Waals surface area contributed by atoms with Crippen LogP contribution in [0, 0.1) is 0 Å². The summed E-state index contributed by atoms with van der Waals surface area (Å²) in [7, 11) is 2.54. The van der Waals surface area contributed by atoms with Crippen LogP contribution >= 0.6 is 11.6 Å². The Hall–Kier alpha value is -1.34. The van der Waals surface area contributed by atoms with Crippen LogP contribution in [0.1, 0.15) is 16.1 Å². The fraction of sp³-hybridized carbons (Fsp3) is 0.333. The fourth-order valence-corrected chi connectivity index (χ4v) is 1.24. The second-order valence-electron chi connectivity index (χ2n) is 3.02. The van der Waals surface area contributed by atoms with E-state index < -0.39 is 22.9 Å². The van der Waals surface area contributed by atoms with Gasteiger partial charge in [-0.05, 0) is 12.1 Å². The highest BCUT2D eigenvalue weighted by atomic mass is 35.5. The summed E-state index contributed by atoms with van der Waals surface area (Å²) in [4.78, 5) is 19.3. The quantitative estimate of drug-likeness (QED) is 0.611. The minimum atomic E-state index is -4.60. The van der Waals surface area contributed by atoms with Crippen molar-refractivity contribution < 1.29 is 22.8 Å². The van der Waals surface area contributed by atoms with Gasteiger partial charge in [0.2, 0.25) is 0 Å². The topological polar surface area (TPSA) is 42.4 Å². The van der Waals surface area contributed by atoms with E-state index in [0.717, 1.165) is 11.1 Å². The highest BCUT2D eigenvalue weighted by Gasteiger charge is 2.33. The predicted molar refractivity (Wildman–Crippen MR) is 53.4 cm³/mol. The van der Waals surface area contributed by atoms with E-state index in [2.05, 4.69) is 9.82 Å². The van der Waals surface area contributed by atoms with Crippen LogP contribution in [0.4, 0.5) is 13.2 Å². The lowest BCUT2D eigenvalue weighted by Crippen LogP contribution is -2.26. The molecule has 0 aliphatic carbocycles. The average Bonchev–Trinajstić information content (AvgIpc) is 2.25. The van der Waals surface area contributed by atoms with Crippen LogP contribution in [0.15, 0.2) is 12.1 Å². The van der Waals surface area contributed by atoms with Crippen molar-refractivity contribution in [3.8, 4) is 0 Å². The molecule has 0 atom stereocenters. The summed E-state index contributed by atoms with van der Waals surface area (Å²) >= 11 is 5.52. The number of carbonyl (C=O) groups is 1. The van der Waals surface area contributed by atoms with Gasteiger partial charge in [0.15, 0.2) is 0 Å². The number of aromatic nitrogens is 1.